The number of thiol groups is 1. The molecule has 1 heterocycles. The van der Waals surface area contributed by atoms with Crippen LogP contribution in [0.2, 0.25) is 0 Å². The molecule has 0 spiro atoms. The molecule has 0 saturated carbocycles. The molecule has 0 amide bonds. The molecule has 0 atom stereocenters. The minimum atomic E-state index is -2.17. The first-order chi connectivity index (χ1) is 5.79. The van der Waals surface area contributed by atoms with Gasteiger partial charge >= 0.3 is 0 Å². The van der Waals surface area contributed by atoms with Crippen molar-refractivity contribution in [3.63, 3.8) is 0 Å². The summed E-state index contributed by atoms with van der Waals surface area (Å²) in [6, 6.07) is 0. The van der Waals surface area contributed by atoms with Gasteiger partial charge in [0.1, 0.15) is 10.7 Å². The molecule has 0 aromatic heterocycles. The lowest BCUT2D eigenvalue weighted by molar-refractivity contribution is 0.242. The second kappa shape index (κ2) is 9.98. The van der Waals surface area contributed by atoms with Crippen molar-refractivity contribution in [1.82, 2.24) is 10.2 Å². The summed E-state index contributed by atoms with van der Waals surface area (Å²) in [5.74, 6) is 0.333. The highest BCUT2D eigenvalue weighted by Crippen LogP contribution is 1.93. The van der Waals surface area contributed by atoms with Crippen LogP contribution in [0.3, 0.4) is 0 Å². The van der Waals surface area contributed by atoms with Crippen molar-refractivity contribution in [2.24, 2.45) is 0 Å². The van der Waals surface area contributed by atoms with Gasteiger partial charge in [-0.1, -0.05) is 0 Å². The lowest BCUT2D eigenvalue weighted by atomic mass is 10.3. The molecule has 7 heteroatoms. The lowest BCUT2D eigenvalue weighted by Crippen LogP contribution is -2.43. The van der Waals surface area contributed by atoms with Crippen LogP contribution >= 0.6 is 24.8 Å². The topological polar surface area (TPSA) is 49.4 Å². The van der Waals surface area contributed by atoms with Crippen LogP contribution in [0.25, 0.3) is 0 Å². The van der Waals surface area contributed by atoms with Gasteiger partial charge in [0.2, 0.25) is 0 Å². The Bertz CT molecular complexity index is 188. The number of hydrogen-bond donors (Lipinski definition) is 2. The second-order valence-corrected chi connectivity index (χ2v) is 4.11. The molecule has 0 aromatic carbocycles. The third-order valence-corrected chi connectivity index (χ3v) is 2.71. The molecule has 1 aliphatic heterocycles. The Morgan fingerprint density at radius 2 is 1.71 bits per heavy atom. The standard InChI is InChI=1S/C7H16N2O2S.2ClH/c10-12(11)7-1-4-9-5-2-8-3-6-9;;/h8,12H,1-7H2;2*1H. The molecule has 14 heavy (non-hydrogen) atoms. The number of rotatable bonds is 4. The van der Waals surface area contributed by atoms with E-state index in [0.29, 0.717) is 5.75 Å². The normalized spacial score (nSPS) is 17.2. The largest absolute Gasteiger partial charge is 0.314 e. The van der Waals surface area contributed by atoms with E-state index < -0.39 is 10.7 Å². The van der Waals surface area contributed by atoms with E-state index in [0.717, 1.165) is 39.1 Å². The molecule has 1 rings (SSSR count). The van der Waals surface area contributed by atoms with Gasteiger partial charge in [0, 0.05) is 31.9 Å². The summed E-state index contributed by atoms with van der Waals surface area (Å²) in [4.78, 5) is 2.30. The van der Waals surface area contributed by atoms with Gasteiger partial charge in [0.25, 0.3) is 0 Å². The van der Waals surface area contributed by atoms with E-state index in [1.807, 2.05) is 0 Å². The molecule has 0 radical (unpaired) electrons. The maximum Gasteiger partial charge on any atom is 0.140 e. The van der Waals surface area contributed by atoms with Crippen molar-refractivity contribution in [1.29, 1.82) is 0 Å². The summed E-state index contributed by atoms with van der Waals surface area (Å²) < 4.78 is 20.5. The number of hydrogen-bond acceptors (Lipinski definition) is 4. The zero-order valence-electron chi connectivity index (χ0n) is 7.98. The third-order valence-electron chi connectivity index (χ3n) is 2.02. The van der Waals surface area contributed by atoms with Gasteiger partial charge < -0.3 is 10.2 Å². The van der Waals surface area contributed by atoms with Crippen molar-refractivity contribution < 1.29 is 8.42 Å². The number of nitrogens with zero attached hydrogens (tertiary/aromatic N) is 1. The van der Waals surface area contributed by atoms with E-state index in [4.69, 9.17) is 0 Å². The fraction of sp³-hybridized carbons (Fsp3) is 1.00. The number of nitrogens with one attached hydrogen (secondary N) is 1. The Morgan fingerprint density at radius 1 is 1.14 bits per heavy atom. The lowest BCUT2D eigenvalue weighted by Gasteiger charge is -2.26. The summed E-state index contributed by atoms with van der Waals surface area (Å²) in [5, 5.41) is 3.25. The first-order valence-electron chi connectivity index (χ1n) is 4.34. The average Bonchev–Trinajstić information content (AvgIpc) is 2.05. The van der Waals surface area contributed by atoms with E-state index in [-0.39, 0.29) is 24.8 Å². The monoisotopic (exact) mass is 264 g/mol. The van der Waals surface area contributed by atoms with Gasteiger partial charge in [-0.05, 0) is 13.0 Å². The van der Waals surface area contributed by atoms with E-state index in [2.05, 4.69) is 10.2 Å². The van der Waals surface area contributed by atoms with Crippen LogP contribution in [0.15, 0.2) is 0 Å². The Morgan fingerprint density at radius 3 is 2.21 bits per heavy atom. The first kappa shape index (κ1) is 16.9. The fourth-order valence-corrected chi connectivity index (χ4v) is 1.76. The van der Waals surface area contributed by atoms with Gasteiger partial charge in [0.15, 0.2) is 0 Å². The Hall–Kier alpha value is 0.450. The number of halogens is 2. The molecule has 1 aliphatic rings. The van der Waals surface area contributed by atoms with E-state index >= 15 is 0 Å². The van der Waals surface area contributed by atoms with Crippen LogP contribution in [0.1, 0.15) is 6.42 Å². The molecule has 88 valence electrons. The molecule has 1 fully saturated rings. The van der Waals surface area contributed by atoms with Crippen molar-refractivity contribution in [2.45, 2.75) is 6.42 Å². The van der Waals surface area contributed by atoms with Gasteiger partial charge in [-0.3, -0.25) is 0 Å². The predicted octanol–water partition coefficient (Wildman–Crippen LogP) is -0.263. The Kier molecular flexibility index (Phi) is 12.0. The molecule has 0 aliphatic carbocycles. The molecule has 0 bridgehead atoms. The van der Waals surface area contributed by atoms with E-state index in [9.17, 15) is 8.42 Å². The van der Waals surface area contributed by atoms with Crippen LogP contribution in [0, 0.1) is 0 Å². The Balaban J connectivity index is 0. The fourth-order valence-electron chi connectivity index (χ4n) is 1.36. The Labute approximate surface area is 99.2 Å². The first-order valence-corrected chi connectivity index (χ1v) is 5.70. The average molecular weight is 265 g/mol. The highest BCUT2D eigenvalue weighted by molar-refractivity contribution is 7.72. The molecular weight excluding hydrogens is 247 g/mol. The number of piperazine rings is 1. The highest BCUT2D eigenvalue weighted by atomic mass is 35.5. The zero-order valence-corrected chi connectivity index (χ0v) is 10.5. The molecule has 4 nitrogen and oxygen atoms in total. The van der Waals surface area contributed by atoms with Gasteiger partial charge in [-0.15, -0.1) is 24.8 Å². The minimum absolute atomic E-state index is 0. The summed E-state index contributed by atoms with van der Waals surface area (Å²) in [6.07, 6.45) is 0.776. The predicted molar refractivity (Wildman–Crippen MR) is 63.6 cm³/mol. The maximum absolute atomic E-state index is 10.2. The molecule has 0 unspecified atom stereocenters. The van der Waals surface area contributed by atoms with Crippen LogP contribution in [0.5, 0.6) is 0 Å². The maximum atomic E-state index is 10.2. The summed E-state index contributed by atoms with van der Waals surface area (Å²) in [7, 11) is -2.17. The van der Waals surface area contributed by atoms with Gasteiger partial charge in [-0.25, -0.2) is 8.42 Å². The zero-order chi connectivity index (χ0) is 8.81. The van der Waals surface area contributed by atoms with E-state index in [1.165, 1.54) is 0 Å². The smallest absolute Gasteiger partial charge is 0.140 e. The minimum Gasteiger partial charge on any atom is -0.314 e. The molecule has 0 aromatic rings. The molecule has 1 saturated heterocycles. The van der Waals surface area contributed by atoms with Gasteiger partial charge in [0.05, 0.1) is 0 Å². The summed E-state index contributed by atoms with van der Waals surface area (Å²) in [6.45, 7) is 5.09. The SMILES string of the molecule is Cl.Cl.O=[SH](=O)CCCN1CCNCC1. The second-order valence-electron chi connectivity index (χ2n) is 3.00. The van der Waals surface area contributed by atoms with Gasteiger partial charge in [-0.2, -0.15) is 0 Å². The third kappa shape index (κ3) is 7.82. The van der Waals surface area contributed by atoms with E-state index in [1.54, 1.807) is 0 Å². The van der Waals surface area contributed by atoms with Crippen LogP contribution in [-0.2, 0) is 10.7 Å². The van der Waals surface area contributed by atoms with Crippen LogP contribution < -0.4 is 5.32 Å². The van der Waals surface area contributed by atoms with Crippen molar-refractivity contribution in [3.8, 4) is 0 Å². The summed E-state index contributed by atoms with van der Waals surface area (Å²) >= 11 is 0. The van der Waals surface area contributed by atoms with Crippen molar-refractivity contribution in [2.75, 3.05) is 38.5 Å². The quantitative estimate of drug-likeness (QED) is 0.687. The molecule has 1 N–H and O–H groups in total. The highest BCUT2D eigenvalue weighted by Gasteiger charge is 2.07. The van der Waals surface area contributed by atoms with Crippen molar-refractivity contribution in [3.05, 3.63) is 0 Å². The van der Waals surface area contributed by atoms with Crippen LogP contribution in [0.4, 0.5) is 0 Å². The van der Waals surface area contributed by atoms with Crippen molar-refractivity contribution >= 4 is 35.5 Å². The summed E-state index contributed by atoms with van der Waals surface area (Å²) in [5.41, 5.74) is 0. The molecular formula is C7H18Cl2N2O2S. The van der Waals surface area contributed by atoms with Crippen LogP contribution in [-0.4, -0.2) is 51.8 Å².